The number of rotatable bonds is 3. The second kappa shape index (κ2) is 8.11. The zero-order valence-corrected chi connectivity index (χ0v) is 20.3. The SMILES string of the molecule is Cc1cc2c(cc1/C=N/NC(=O)c1cc(Br)cc(Br)c1O)C(C)CC(C)(C)N2C. The molecule has 1 unspecified atom stereocenters. The molecule has 1 heterocycles. The Balaban J connectivity index is 1.84. The molecule has 2 aromatic carbocycles. The van der Waals surface area contributed by atoms with Crippen LogP contribution in [-0.4, -0.2) is 29.8 Å². The molecule has 0 bridgehead atoms. The van der Waals surface area contributed by atoms with Gasteiger partial charge in [-0.15, -0.1) is 0 Å². The van der Waals surface area contributed by atoms with E-state index >= 15 is 0 Å². The number of carbonyl (C=O) groups excluding carboxylic acids is 1. The lowest BCUT2D eigenvalue weighted by Crippen LogP contribution is -2.45. The molecule has 0 radical (unpaired) electrons. The summed E-state index contributed by atoms with van der Waals surface area (Å²) >= 11 is 6.55. The van der Waals surface area contributed by atoms with Crippen molar-refractivity contribution in [3.63, 3.8) is 0 Å². The van der Waals surface area contributed by atoms with Crippen LogP contribution in [0, 0.1) is 6.92 Å². The fourth-order valence-corrected chi connectivity index (χ4v) is 5.06. The van der Waals surface area contributed by atoms with Gasteiger partial charge in [-0.25, -0.2) is 5.43 Å². The summed E-state index contributed by atoms with van der Waals surface area (Å²) in [7, 11) is 2.14. The van der Waals surface area contributed by atoms with Gasteiger partial charge in [-0.1, -0.05) is 22.9 Å². The number of phenols is 1. The number of halogens is 2. The number of nitrogens with one attached hydrogen (secondary N) is 1. The highest BCUT2D eigenvalue weighted by Crippen LogP contribution is 2.43. The third kappa shape index (κ3) is 4.36. The highest BCUT2D eigenvalue weighted by atomic mass is 79.9. The van der Waals surface area contributed by atoms with Gasteiger partial charge >= 0.3 is 0 Å². The van der Waals surface area contributed by atoms with Crippen molar-refractivity contribution in [2.75, 3.05) is 11.9 Å². The second-order valence-electron chi connectivity index (χ2n) is 8.23. The number of hydrogen-bond acceptors (Lipinski definition) is 4. The predicted octanol–water partition coefficient (Wildman–Crippen LogP) is 5.71. The minimum atomic E-state index is -0.480. The summed E-state index contributed by atoms with van der Waals surface area (Å²) in [4.78, 5) is 14.8. The van der Waals surface area contributed by atoms with Gasteiger partial charge in [-0.3, -0.25) is 4.79 Å². The summed E-state index contributed by atoms with van der Waals surface area (Å²) in [5.41, 5.74) is 7.35. The van der Waals surface area contributed by atoms with Crippen molar-refractivity contribution in [1.29, 1.82) is 0 Å². The lowest BCUT2D eigenvalue weighted by Gasteiger charge is -2.45. The highest BCUT2D eigenvalue weighted by Gasteiger charge is 2.34. The van der Waals surface area contributed by atoms with Crippen molar-refractivity contribution in [3.05, 3.63) is 55.5 Å². The largest absolute Gasteiger partial charge is 0.506 e. The van der Waals surface area contributed by atoms with Crippen molar-refractivity contribution in [2.45, 2.75) is 45.6 Å². The van der Waals surface area contributed by atoms with E-state index in [1.165, 1.54) is 11.3 Å². The van der Waals surface area contributed by atoms with Crippen molar-refractivity contribution < 1.29 is 9.90 Å². The lowest BCUT2D eigenvalue weighted by atomic mass is 9.79. The van der Waals surface area contributed by atoms with Crippen LogP contribution in [0.4, 0.5) is 5.69 Å². The number of hydrogen-bond donors (Lipinski definition) is 2. The van der Waals surface area contributed by atoms with E-state index in [0.29, 0.717) is 14.9 Å². The van der Waals surface area contributed by atoms with Crippen molar-refractivity contribution in [3.8, 4) is 5.75 Å². The smallest absolute Gasteiger partial charge is 0.275 e. The predicted molar refractivity (Wildman–Crippen MR) is 125 cm³/mol. The molecule has 5 nitrogen and oxygen atoms in total. The van der Waals surface area contributed by atoms with Crippen LogP contribution in [0.25, 0.3) is 0 Å². The number of hydrazone groups is 1. The van der Waals surface area contributed by atoms with Crippen LogP contribution in [0.15, 0.2) is 38.3 Å². The molecule has 1 amide bonds. The summed E-state index contributed by atoms with van der Waals surface area (Å²) < 4.78 is 1.12. The number of benzene rings is 2. The first kappa shape index (κ1) is 21.8. The fraction of sp³-hybridized carbons (Fsp3) is 0.364. The van der Waals surface area contributed by atoms with Crippen LogP contribution >= 0.6 is 31.9 Å². The second-order valence-corrected chi connectivity index (χ2v) is 10.00. The quantitative estimate of drug-likeness (QED) is 0.400. The van der Waals surface area contributed by atoms with Gasteiger partial charge in [0.2, 0.25) is 0 Å². The minimum Gasteiger partial charge on any atom is -0.506 e. The summed E-state index contributed by atoms with van der Waals surface area (Å²) in [6, 6.07) is 7.57. The van der Waals surface area contributed by atoms with Crippen molar-refractivity contribution in [1.82, 2.24) is 5.43 Å². The third-order valence-electron chi connectivity index (χ3n) is 5.66. The van der Waals surface area contributed by atoms with E-state index in [0.717, 1.165) is 17.5 Å². The molecule has 0 aromatic heterocycles. The molecular formula is C22H25Br2N3O2. The Bertz CT molecular complexity index is 1000. The number of aromatic hydroxyl groups is 1. The van der Waals surface area contributed by atoms with E-state index < -0.39 is 5.91 Å². The maximum absolute atomic E-state index is 12.4. The summed E-state index contributed by atoms with van der Waals surface area (Å²) in [6.07, 6.45) is 2.73. The van der Waals surface area contributed by atoms with Gasteiger partial charge in [0.15, 0.2) is 0 Å². The van der Waals surface area contributed by atoms with E-state index in [2.05, 4.69) is 87.2 Å². The number of phenolic OH excluding ortho intramolecular Hbond substituents is 1. The highest BCUT2D eigenvalue weighted by molar-refractivity contribution is 9.11. The molecule has 3 rings (SSSR count). The van der Waals surface area contributed by atoms with Crippen LogP contribution in [0.1, 0.15) is 60.2 Å². The Morgan fingerprint density at radius 1 is 1.31 bits per heavy atom. The summed E-state index contributed by atoms with van der Waals surface area (Å²) in [6.45, 7) is 8.82. The van der Waals surface area contributed by atoms with E-state index in [1.54, 1.807) is 18.3 Å². The molecule has 1 aliphatic heterocycles. The molecule has 1 atom stereocenters. The number of carbonyl (C=O) groups is 1. The van der Waals surface area contributed by atoms with Gasteiger partial charge in [-0.05, 0) is 90.0 Å². The molecule has 0 fully saturated rings. The van der Waals surface area contributed by atoms with Gasteiger partial charge < -0.3 is 10.0 Å². The average Bonchev–Trinajstić information content (AvgIpc) is 2.63. The molecule has 2 N–H and O–H groups in total. The Morgan fingerprint density at radius 2 is 2.00 bits per heavy atom. The molecule has 2 aromatic rings. The average molecular weight is 523 g/mol. The van der Waals surface area contributed by atoms with Crippen LogP contribution in [0.2, 0.25) is 0 Å². The number of fused-ring (bicyclic) bond motifs is 1. The number of anilines is 1. The van der Waals surface area contributed by atoms with E-state index in [1.807, 2.05) is 6.92 Å². The number of aryl methyl sites for hydroxylation is 1. The van der Waals surface area contributed by atoms with Crippen molar-refractivity contribution in [2.24, 2.45) is 5.10 Å². The molecule has 154 valence electrons. The Labute approximate surface area is 188 Å². The Kier molecular flexibility index (Phi) is 6.11. The van der Waals surface area contributed by atoms with Gasteiger partial charge in [0.1, 0.15) is 5.75 Å². The Morgan fingerprint density at radius 3 is 2.69 bits per heavy atom. The zero-order valence-electron chi connectivity index (χ0n) is 17.2. The normalized spacial score (nSPS) is 18.0. The summed E-state index contributed by atoms with van der Waals surface area (Å²) in [5, 5.41) is 14.2. The summed E-state index contributed by atoms with van der Waals surface area (Å²) in [5.74, 6) is -0.161. The standard InChI is InChI=1S/C22H25Br2N3O2/c1-12-6-19-16(13(2)10-22(3,4)27(19)5)7-14(12)11-25-26-21(29)17-8-15(23)9-18(24)20(17)28/h6-9,11,13,28H,10H2,1-5H3,(H,26,29)/b25-11+. The van der Waals surface area contributed by atoms with Crippen LogP contribution < -0.4 is 10.3 Å². The number of amides is 1. The zero-order chi connectivity index (χ0) is 21.5. The van der Waals surface area contributed by atoms with E-state index in [4.69, 9.17) is 0 Å². The maximum Gasteiger partial charge on any atom is 0.275 e. The molecular weight excluding hydrogens is 498 g/mol. The van der Waals surface area contributed by atoms with Crippen LogP contribution in [0.5, 0.6) is 5.75 Å². The molecule has 0 saturated carbocycles. The third-order valence-corrected chi connectivity index (χ3v) is 6.73. The molecule has 29 heavy (non-hydrogen) atoms. The van der Waals surface area contributed by atoms with Crippen LogP contribution in [0.3, 0.4) is 0 Å². The maximum atomic E-state index is 12.4. The van der Waals surface area contributed by atoms with E-state index in [9.17, 15) is 9.90 Å². The topological polar surface area (TPSA) is 64.9 Å². The number of nitrogens with zero attached hydrogens (tertiary/aromatic N) is 2. The molecule has 0 saturated heterocycles. The monoisotopic (exact) mass is 521 g/mol. The lowest BCUT2D eigenvalue weighted by molar-refractivity contribution is 0.0952. The molecule has 1 aliphatic rings. The fourth-order valence-electron chi connectivity index (χ4n) is 3.83. The van der Waals surface area contributed by atoms with Gasteiger partial charge in [0.25, 0.3) is 5.91 Å². The van der Waals surface area contributed by atoms with Gasteiger partial charge in [0, 0.05) is 22.7 Å². The first-order valence-corrected chi connectivity index (χ1v) is 11.0. The van der Waals surface area contributed by atoms with Crippen LogP contribution in [-0.2, 0) is 0 Å². The van der Waals surface area contributed by atoms with Gasteiger partial charge in [-0.2, -0.15) is 5.10 Å². The Hall–Kier alpha value is -1.86. The van der Waals surface area contributed by atoms with Gasteiger partial charge in [0.05, 0.1) is 16.3 Å². The first-order valence-electron chi connectivity index (χ1n) is 9.41. The van der Waals surface area contributed by atoms with Crippen molar-refractivity contribution >= 4 is 49.7 Å². The van der Waals surface area contributed by atoms with E-state index in [-0.39, 0.29) is 16.9 Å². The molecule has 0 aliphatic carbocycles. The molecule has 7 heteroatoms. The minimum absolute atomic E-state index is 0.114. The molecule has 0 spiro atoms. The first-order chi connectivity index (χ1) is 13.5.